The molecule has 0 amide bonds. The highest BCUT2D eigenvalue weighted by Crippen LogP contribution is 2.26. The van der Waals surface area contributed by atoms with E-state index in [-0.39, 0.29) is 0 Å². The predicted octanol–water partition coefficient (Wildman–Crippen LogP) is 7.47. The molecule has 2 aliphatic rings. The van der Waals surface area contributed by atoms with Crippen LogP contribution in [-0.2, 0) is 0 Å². The van der Waals surface area contributed by atoms with Crippen LogP contribution < -0.4 is 4.74 Å². The van der Waals surface area contributed by atoms with Crippen LogP contribution in [0.1, 0.15) is 38.5 Å². The normalized spacial score (nSPS) is 16.3. The van der Waals surface area contributed by atoms with Gasteiger partial charge in [0.25, 0.3) is 0 Å². The van der Waals surface area contributed by atoms with Crippen LogP contribution in [0.25, 0.3) is 0 Å². The SMILES string of the molecule is BrC1CCC1.Brc1ccc(OC2CCC2)cc1.Oc1ccc(Br)cc1. The second-order valence-electron chi connectivity index (χ2n) is 6.13. The summed E-state index contributed by atoms with van der Waals surface area (Å²) in [5, 5.41) is 8.74. The zero-order valence-corrected chi connectivity index (χ0v) is 18.8. The van der Waals surface area contributed by atoms with Crippen LogP contribution in [0.4, 0.5) is 0 Å². The van der Waals surface area contributed by atoms with Gasteiger partial charge in [0.05, 0.1) is 6.10 Å². The lowest BCUT2D eigenvalue weighted by atomic mass is 9.96. The van der Waals surface area contributed by atoms with Crippen molar-refractivity contribution in [2.45, 2.75) is 49.5 Å². The number of alkyl halides is 1. The highest BCUT2D eigenvalue weighted by atomic mass is 79.9. The van der Waals surface area contributed by atoms with E-state index in [9.17, 15) is 0 Å². The summed E-state index contributed by atoms with van der Waals surface area (Å²) in [4.78, 5) is 0.877. The van der Waals surface area contributed by atoms with Crippen molar-refractivity contribution < 1.29 is 9.84 Å². The van der Waals surface area contributed by atoms with Crippen molar-refractivity contribution in [1.82, 2.24) is 0 Å². The summed E-state index contributed by atoms with van der Waals surface area (Å²) in [6.45, 7) is 0. The summed E-state index contributed by atoms with van der Waals surface area (Å²) in [6.07, 6.45) is 8.48. The maximum absolute atomic E-state index is 8.74. The minimum absolute atomic E-state index is 0.299. The summed E-state index contributed by atoms with van der Waals surface area (Å²) < 4.78 is 7.77. The fraction of sp³-hybridized carbons (Fsp3) is 0.400. The molecule has 2 nitrogen and oxygen atoms in total. The molecular formula is C20H23Br3O2. The fourth-order valence-electron chi connectivity index (χ4n) is 1.99. The van der Waals surface area contributed by atoms with E-state index in [1.165, 1.54) is 38.5 Å². The van der Waals surface area contributed by atoms with Gasteiger partial charge in [0.15, 0.2) is 0 Å². The Morgan fingerprint density at radius 3 is 1.52 bits per heavy atom. The molecule has 0 heterocycles. The molecule has 5 heteroatoms. The molecule has 0 aromatic heterocycles. The maximum atomic E-state index is 8.74. The molecule has 0 spiro atoms. The minimum Gasteiger partial charge on any atom is -0.508 e. The van der Waals surface area contributed by atoms with Gasteiger partial charge >= 0.3 is 0 Å². The average molecular weight is 535 g/mol. The lowest BCUT2D eigenvalue weighted by molar-refractivity contribution is 0.120. The molecule has 0 atom stereocenters. The molecular weight excluding hydrogens is 512 g/mol. The van der Waals surface area contributed by atoms with Crippen molar-refractivity contribution in [3.05, 3.63) is 57.5 Å². The smallest absolute Gasteiger partial charge is 0.119 e. The number of aromatic hydroxyl groups is 1. The number of ether oxygens (including phenoxy) is 1. The van der Waals surface area contributed by atoms with E-state index in [0.717, 1.165) is 19.5 Å². The van der Waals surface area contributed by atoms with E-state index in [1.54, 1.807) is 24.3 Å². The lowest BCUT2D eigenvalue weighted by Gasteiger charge is -2.26. The van der Waals surface area contributed by atoms with Gasteiger partial charge in [-0.2, -0.15) is 0 Å². The summed E-state index contributed by atoms with van der Waals surface area (Å²) in [5.74, 6) is 1.29. The van der Waals surface area contributed by atoms with Crippen molar-refractivity contribution in [3.8, 4) is 11.5 Å². The highest BCUT2D eigenvalue weighted by Gasteiger charge is 2.18. The number of rotatable bonds is 2. The average Bonchev–Trinajstić information content (AvgIpc) is 2.55. The van der Waals surface area contributed by atoms with E-state index >= 15 is 0 Å². The number of phenolic OH excluding ortho intramolecular Hbond substituents is 1. The van der Waals surface area contributed by atoms with Crippen LogP contribution in [0.15, 0.2) is 57.5 Å². The monoisotopic (exact) mass is 532 g/mol. The van der Waals surface area contributed by atoms with Crippen molar-refractivity contribution in [2.75, 3.05) is 0 Å². The van der Waals surface area contributed by atoms with Crippen LogP contribution in [0.2, 0.25) is 0 Å². The molecule has 0 saturated heterocycles. The van der Waals surface area contributed by atoms with Gasteiger partial charge in [-0.15, -0.1) is 0 Å². The summed E-state index contributed by atoms with van der Waals surface area (Å²) >= 11 is 10.1. The molecule has 4 rings (SSSR count). The second-order valence-corrected chi connectivity index (χ2v) is 9.26. The van der Waals surface area contributed by atoms with Crippen LogP contribution in [0.5, 0.6) is 11.5 Å². The molecule has 0 bridgehead atoms. The van der Waals surface area contributed by atoms with Crippen molar-refractivity contribution in [3.63, 3.8) is 0 Å². The Morgan fingerprint density at radius 2 is 1.20 bits per heavy atom. The molecule has 2 saturated carbocycles. The third-order valence-corrected chi connectivity index (χ3v) is 6.00. The molecule has 2 fully saturated rings. The van der Waals surface area contributed by atoms with Gasteiger partial charge in [-0.05, 0) is 80.6 Å². The molecule has 0 unspecified atom stereocenters. The quantitative estimate of drug-likeness (QED) is 0.405. The first kappa shape index (κ1) is 20.8. The molecule has 2 aromatic carbocycles. The van der Waals surface area contributed by atoms with Crippen LogP contribution in [0.3, 0.4) is 0 Å². The molecule has 2 aromatic rings. The van der Waals surface area contributed by atoms with Gasteiger partial charge in [-0.1, -0.05) is 54.2 Å². The van der Waals surface area contributed by atoms with E-state index in [2.05, 4.69) is 47.8 Å². The maximum Gasteiger partial charge on any atom is 0.119 e. The molecule has 136 valence electrons. The van der Waals surface area contributed by atoms with E-state index in [4.69, 9.17) is 9.84 Å². The van der Waals surface area contributed by atoms with Gasteiger partial charge in [-0.3, -0.25) is 0 Å². The third-order valence-electron chi connectivity index (χ3n) is 4.03. The van der Waals surface area contributed by atoms with Gasteiger partial charge < -0.3 is 9.84 Å². The molecule has 0 aliphatic heterocycles. The van der Waals surface area contributed by atoms with Crippen molar-refractivity contribution >= 4 is 47.8 Å². The van der Waals surface area contributed by atoms with Crippen molar-refractivity contribution in [1.29, 1.82) is 0 Å². The number of hydrogen-bond acceptors (Lipinski definition) is 2. The van der Waals surface area contributed by atoms with Gasteiger partial charge in [-0.25, -0.2) is 0 Å². The Kier molecular flexibility index (Phi) is 9.35. The van der Waals surface area contributed by atoms with Crippen molar-refractivity contribution in [2.24, 2.45) is 0 Å². The van der Waals surface area contributed by atoms with Gasteiger partial charge in [0.1, 0.15) is 11.5 Å². The first-order chi connectivity index (χ1) is 12.0. The number of hydrogen-bond donors (Lipinski definition) is 1. The molecule has 0 radical (unpaired) electrons. The number of benzene rings is 2. The molecule has 25 heavy (non-hydrogen) atoms. The summed E-state index contributed by atoms with van der Waals surface area (Å²) in [7, 11) is 0. The molecule has 2 aliphatic carbocycles. The third kappa shape index (κ3) is 8.61. The zero-order valence-electron chi connectivity index (χ0n) is 14.0. The first-order valence-electron chi connectivity index (χ1n) is 8.54. The topological polar surface area (TPSA) is 29.5 Å². The Balaban J connectivity index is 0.000000149. The fourth-order valence-corrected chi connectivity index (χ4v) is 3.17. The Morgan fingerprint density at radius 1 is 0.760 bits per heavy atom. The van der Waals surface area contributed by atoms with Crippen LogP contribution in [0, 0.1) is 0 Å². The Bertz CT molecular complexity index is 585. The van der Waals surface area contributed by atoms with E-state index < -0.39 is 0 Å². The van der Waals surface area contributed by atoms with Gasteiger partial charge in [0, 0.05) is 13.8 Å². The van der Waals surface area contributed by atoms with E-state index in [0.29, 0.717) is 11.9 Å². The second kappa shape index (κ2) is 11.2. The van der Waals surface area contributed by atoms with Crippen LogP contribution in [-0.4, -0.2) is 16.0 Å². The summed E-state index contributed by atoms with van der Waals surface area (Å²) in [5.41, 5.74) is 0. The van der Waals surface area contributed by atoms with Crippen LogP contribution >= 0.6 is 47.8 Å². The standard InChI is InChI=1S/C10H11BrO.C6H5BrO.C4H7Br/c11-8-4-6-10(7-5-8)12-9-2-1-3-9;7-5-1-3-6(8)4-2-5;5-4-2-1-3-4/h4-7,9H,1-3H2;1-4,8H;4H,1-3H2. The summed E-state index contributed by atoms with van der Waals surface area (Å²) in [6, 6.07) is 14.9. The van der Waals surface area contributed by atoms with Gasteiger partial charge in [0.2, 0.25) is 0 Å². The number of phenols is 1. The minimum atomic E-state index is 0.299. The largest absolute Gasteiger partial charge is 0.508 e. The first-order valence-corrected chi connectivity index (χ1v) is 11.0. The predicted molar refractivity (Wildman–Crippen MR) is 115 cm³/mol. The number of halogens is 3. The molecule has 1 N–H and O–H groups in total. The zero-order chi connectivity index (χ0) is 18.1. The highest BCUT2D eigenvalue weighted by molar-refractivity contribution is 9.10. The Hall–Kier alpha value is -0.520. The Labute approximate surface area is 175 Å². The van der Waals surface area contributed by atoms with E-state index in [1.807, 2.05) is 24.3 Å². The lowest BCUT2D eigenvalue weighted by Crippen LogP contribution is -2.24.